The van der Waals surface area contributed by atoms with Gasteiger partial charge in [0.15, 0.2) is 9.84 Å². The number of hydrogen-bond acceptors (Lipinski definition) is 4. The number of anilines is 1. The molecule has 5 heteroatoms. The number of benzene rings is 1. The second kappa shape index (κ2) is 6.02. The molecule has 0 aliphatic rings. The van der Waals surface area contributed by atoms with Gasteiger partial charge in [0.2, 0.25) is 0 Å². The van der Waals surface area contributed by atoms with Gasteiger partial charge in [0, 0.05) is 12.6 Å². The molecule has 0 radical (unpaired) electrons. The molecule has 0 aliphatic heterocycles. The molecular weight excluding hydrogens is 236 g/mol. The Morgan fingerprint density at radius 2 is 1.94 bits per heavy atom. The summed E-state index contributed by atoms with van der Waals surface area (Å²) in [5.74, 6) is 0.102. The number of rotatable bonds is 6. The Hall–Kier alpha value is -1.07. The van der Waals surface area contributed by atoms with Crippen molar-refractivity contribution in [3.05, 3.63) is 24.3 Å². The summed E-state index contributed by atoms with van der Waals surface area (Å²) >= 11 is 0. The van der Waals surface area contributed by atoms with E-state index < -0.39 is 9.84 Å². The lowest BCUT2D eigenvalue weighted by Crippen LogP contribution is -2.28. The fraction of sp³-hybridized carbons (Fsp3) is 0.500. The Balaban J connectivity index is 3.09. The van der Waals surface area contributed by atoms with Crippen LogP contribution in [-0.4, -0.2) is 26.8 Å². The summed E-state index contributed by atoms with van der Waals surface area (Å²) in [6, 6.07) is 7.06. The maximum absolute atomic E-state index is 11.9. The largest absolute Gasteiger partial charge is 0.380 e. The summed E-state index contributed by atoms with van der Waals surface area (Å²) in [6.07, 6.45) is 0.858. The zero-order valence-electron chi connectivity index (χ0n) is 10.3. The fourth-order valence-electron chi connectivity index (χ4n) is 1.56. The number of nitrogens with two attached hydrogens (primary N) is 1. The first-order valence-electron chi connectivity index (χ1n) is 5.83. The van der Waals surface area contributed by atoms with Crippen LogP contribution in [0.2, 0.25) is 0 Å². The molecule has 0 heterocycles. The van der Waals surface area contributed by atoms with Crippen LogP contribution in [0.4, 0.5) is 5.69 Å². The van der Waals surface area contributed by atoms with Gasteiger partial charge in [-0.15, -0.1) is 0 Å². The Labute approximate surface area is 103 Å². The molecule has 0 amide bonds. The van der Waals surface area contributed by atoms with Gasteiger partial charge in [0.05, 0.1) is 16.3 Å². The van der Waals surface area contributed by atoms with Crippen LogP contribution in [0.15, 0.2) is 29.2 Å². The quantitative estimate of drug-likeness (QED) is 0.811. The third-order valence-electron chi connectivity index (χ3n) is 2.74. The molecule has 1 aromatic rings. The molecular formula is C12H20N2O2S. The molecule has 0 bridgehead atoms. The minimum Gasteiger partial charge on any atom is -0.380 e. The van der Waals surface area contributed by atoms with Crippen LogP contribution in [0, 0.1) is 0 Å². The predicted octanol–water partition coefficient (Wildman–Crippen LogP) is 1.63. The lowest BCUT2D eigenvalue weighted by molar-refractivity contribution is 0.597. The lowest BCUT2D eigenvalue weighted by Gasteiger charge is -2.18. The summed E-state index contributed by atoms with van der Waals surface area (Å²) in [7, 11) is -3.19. The van der Waals surface area contributed by atoms with E-state index in [4.69, 9.17) is 5.73 Å². The third kappa shape index (κ3) is 3.44. The van der Waals surface area contributed by atoms with Crippen molar-refractivity contribution in [3.8, 4) is 0 Å². The van der Waals surface area contributed by atoms with Crippen LogP contribution < -0.4 is 11.1 Å². The van der Waals surface area contributed by atoms with Gasteiger partial charge in [-0.3, -0.25) is 0 Å². The predicted molar refractivity (Wildman–Crippen MR) is 70.9 cm³/mol. The van der Waals surface area contributed by atoms with Crippen LogP contribution in [-0.2, 0) is 9.84 Å². The smallest absolute Gasteiger partial charge is 0.180 e. The lowest BCUT2D eigenvalue weighted by atomic mass is 10.2. The molecule has 0 spiro atoms. The first kappa shape index (κ1) is 14.0. The first-order chi connectivity index (χ1) is 8.05. The van der Waals surface area contributed by atoms with Crippen molar-refractivity contribution >= 4 is 15.5 Å². The fourth-order valence-corrected chi connectivity index (χ4v) is 2.62. The molecule has 0 aromatic heterocycles. The van der Waals surface area contributed by atoms with E-state index in [0.29, 0.717) is 17.1 Å². The van der Waals surface area contributed by atoms with Crippen molar-refractivity contribution in [2.45, 2.75) is 31.2 Å². The average Bonchev–Trinajstić information content (AvgIpc) is 2.36. The number of sulfone groups is 1. The number of hydrogen-bond donors (Lipinski definition) is 2. The maximum atomic E-state index is 11.9. The van der Waals surface area contributed by atoms with Gasteiger partial charge in [-0.05, 0) is 18.6 Å². The second-order valence-corrected chi connectivity index (χ2v) is 6.13. The minimum absolute atomic E-state index is 0.100. The number of nitrogens with one attached hydrogen (secondary N) is 1. The van der Waals surface area contributed by atoms with E-state index in [9.17, 15) is 8.42 Å². The molecule has 0 saturated heterocycles. The van der Waals surface area contributed by atoms with Gasteiger partial charge >= 0.3 is 0 Å². The molecule has 4 nitrogen and oxygen atoms in total. The molecule has 1 atom stereocenters. The van der Waals surface area contributed by atoms with Crippen molar-refractivity contribution < 1.29 is 8.42 Å². The zero-order valence-corrected chi connectivity index (χ0v) is 11.1. The summed E-state index contributed by atoms with van der Waals surface area (Å²) < 4.78 is 23.8. The van der Waals surface area contributed by atoms with Crippen molar-refractivity contribution in [1.29, 1.82) is 0 Å². The van der Waals surface area contributed by atoms with Gasteiger partial charge in [-0.2, -0.15) is 0 Å². The van der Waals surface area contributed by atoms with Crippen LogP contribution in [0.1, 0.15) is 20.3 Å². The van der Waals surface area contributed by atoms with E-state index in [1.165, 1.54) is 0 Å². The third-order valence-corrected chi connectivity index (χ3v) is 4.53. The zero-order chi connectivity index (χ0) is 12.9. The minimum atomic E-state index is -3.19. The topological polar surface area (TPSA) is 72.2 Å². The molecule has 3 N–H and O–H groups in total. The standard InChI is InChI=1S/C12H20N2O2S/c1-3-10(9-13)14-11-7-5-6-8-12(11)17(15,16)4-2/h5-8,10,14H,3-4,9,13H2,1-2H3. The van der Waals surface area contributed by atoms with Crippen molar-refractivity contribution in [1.82, 2.24) is 0 Å². The van der Waals surface area contributed by atoms with E-state index in [1.807, 2.05) is 13.0 Å². The van der Waals surface area contributed by atoms with Crippen LogP contribution >= 0.6 is 0 Å². The summed E-state index contributed by atoms with van der Waals surface area (Å²) in [6.45, 7) is 4.14. The Kier molecular flexibility index (Phi) is 4.96. The molecule has 1 rings (SSSR count). The van der Waals surface area contributed by atoms with E-state index in [1.54, 1.807) is 25.1 Å². The van der Waals surface area contributed by atoms with Crippen molar-refractivity contribution in [2.75, 3.05) is 17.6 Å². The molecule has 0 aliphatic carbocycles. The molecule has 1 aromatic carbocycles. The van der Waals surface area contributed by atoms with Crippen molar-refractivity contribution in [3.63, 3.8) is 0 Å². The van der Waals surface area contributed by atoms with Gasteiger partial charge < -0.3 is 11.1 Å². The van der Waals surface area contributed by atoms with Crippen LogP contribution in [0.3, 0.4) is 0 Å². The molecule has 0 fully saturated rings. The van der Waals surface area contributed by atoms with E-state index in [2.05, 4.69) is 5.32 Å². The molecule has 1 unspecified atom stereocenters. The Bertz CT molecular complexity index is 453. The van der Waals surface area contributed by atoms with Crippen molar-refractivity contribution in [2.24, 2.45) is 5.73 Å². The molecule has 17 heavy (non-hydrogen) atoms. The highest BCUT2D eigenvalue weighted by Crippen LogP contribution is 2.22. The van der Waals surface area contributed by atoms with E-state index in [0.717, 1.165) is 6.42 Å². The maximum Gasteiger partial charge on any atom is 0.180 e. The highest BCUT2D eigenvalue weighted by molar-refractivity contribution is 7.91. The summed E-state index contributed by atoms with van der Waals surface area (Å²) in [4.78, 5) is 0.356. The molecule has 0 saturated carbocycles. The Morgan fingerprint density at radius 3 is 2.47 bits per heavy atom. The monoisotopic (exact) mass is 256 g/mol. The SMILES string of the molecule is CCC(CN)Nc1ccccc1S(=O)(=O)CC. The second-order valence-electron chi connectivity index (χ2n) is 3.88. The van der Waals surface area contributed by atoms with Gasteiger partial charge in [-0.25, -0.2) is 8.42 Å². The molecule has 96 valence electrons. The van der Waals surface area contributed by atoms with Gasteiger partial charge in [0.1, 0.15) is 0 Å². The summed E-state index contributed by atoms with van der Waals surface area (Å²) in [5, 5.41) is 3.18. The van der Waals surface area contributed by atoms with E-state index >= 15 is 0 Å². The normalized spacial score (nSPS) is 13.4. The number of para-hydroxylation sites is 1. The van der Waals surface area contributed by atoms with E-state index in [-0.39, 0.29) is 11.8 Å². The highest BCUT2D eigenvalue weighted by atomic mass is 32.2. The summed E-state index contributed by atoms with van der Waals surface area (Å²) in [5.41, 5.74) is 6.26. The van der Waals surface area contributed by atoms with Crippen LogP contribution in [0.5, 0.6) is 0 Å². The average molecular weight is 256 g/mol. The highest BCUT2D eigenvalue weighted by Gasteiger charge is 2.17. The van der Waals surface area contributed by atoms with Crippen LogP contribution in [0.25, 0.3) is 0 Å². The Morgan fingerprint density at radius 1 is 1.29 bits per heavy atom. The van der Waals surface area contributed by atoms with Gasteiger partial charge in [0.25, 0.3) is 0 Å². The van der Waals surface area contributed by atoms with Gasteiger partial charge in [-0.1, -0.05) is 26.0 Å². The first-order valence-corrected chi connectivity index (χ1v) is 7.48.